The van der Waals surface area contributed by atoms with E-state index in [-0.39, 0.29) is 0 Å². The van der Waals surface area contributed by atoms with Crippen LogP contribution in [0.3, 0.4) is 0 Å². The fourth-order valence-electron chi connectivity index (χ4n) is 1.45. The van der Waals surface area contributed by atoms with Gasteiger partial charge < -0.3 is 11.1 Å². The van der Waals surface area contributed by atoms with Crippen molar-refractivity contribution in [2.24, 2.45) is 0 Å². The Kier molecular flexibility index (Phi) is 3.26. The van der Waals surface area contributed by atoms with Gasteiger partial charge in [-0.25, -0.2) is 4.98 Å². The second-order valence-electron chi connectivity index (χ2n) is 3.63. The zero-order valence-corrected chi connectivity index (χ0v) is 10.2. The number of hydrogen-bond acceptors (Lipinski definition) is 5. The molecule has 0 unspecified atom stereocenters. The summed E-state index contributed by atoms with van der Waals surface area (Å²) in [6.07, 6.45) is 0. The van der Waals surface area contributed by atoms with Crippen LogP contribution in [-0.2, 0) is 6.54 Å². The number of nitriles is 1. The van der Waals surface area contributed by atoms with Crippen molar-refractivity contribution in [2.45, 2.75) is 13.5 Å². The first-order valence-electron chi connectivity index (χ1n) is 5.13. The Bertz CT molecular complexity index is 568. The predicted octanol–water partition coefficient (Wildman–Crippen LogP) is 2.52. The minimum absolute atomic E-state index is 0.600. The molecule has 1 heterocycles. The van der Waals surface area contributed by atoms with Crippen LogP contribution in [0.25, 0.3) is 0 Å². The van der Waals surface area contributed by atoms with Crippen molar-refractivity contribution in [3.05, 3.63) is 39.8 Å². The molecule has 0 saturated carbocycles. The van der Waals surface area contributed by atoms with Gasteiger partial charge in [-0.1, -0.05) is 0 Å². The highest BCUT2D eigenvalue weighted by Gasteiger charge is 2.04. The smallest absolute Gasteiger partial charge is 0.0992 e. The summed E-state index contributed by atoms with van der Waals surface area (Å²) in [7, 11) is 0. The van der Waals surface area contributed by atoms with Gasteiger partial charge in [0.15, 0.2) is 0 Å². The van der Waals surface area contributed by atoms with Crippen LogP contribution in [0.15, 0.2) is 23.7 Å². The van der Waals surface area contributed by atoms with Crippen molar-refractivity contribution >= 4 is 22.7 Å². The molecule has 3 N–H and O–H groups in total. The van der Waals surface area contributed by atoms with Crippen LogP contribution in [0.4, 0.5) is 11.4 Å². The van der Waals surface area contributed by atoms with Crippen molar-refractivity contribution in [3.8, 4) is 6.07 Å². The van der Waals surface area contributed by atoms with Crippen LogP contribution in [0.5, 0.6) is 0 Å². The predicted molar refractivity (Wildman–Crippen MR) is 69.7 cm³/mol. The number of aromatic nitrogens is 1. The molecule has 4 nitrogen and oxygen atoms in total. The van der Waals surface area contributed by atoms with Gasteiger partial charge >= 0.3 is 0 Å². The van der Waals surface area contributed by atoms with Gasteiger partial charge in [0.1, 0.15) is 0 Å². The van der Waals surface area contributed by atoms with Crippen LogP contribution in [0.1, 0.15) is 16.1 Å². The van der Waals surface area contributed by atoms with E-state index in [1.807, 2.05) is 12.4 Å². The zero-order valence-electron chi connectivity index (χ0n) is 9.40. The molecule has 0 fully saturated rings. The Hall–Kier alpha value is -2.06. The van der Waals surface area contributed by atoms with Crippen LogP contribution in [0, 0.1) is 18.3 Å². The molecule has 0 saturated heterocycles. The van der Waals surface area contributed by atoms with Crippen LogP contribution in [-0.4, -0.2) is 4.98 Å². The lowest BCUT2D eigenvalue weighted by molar-refractivity contribution is 1.12. The first kappa shape index (κ1) is 11.4. The monoisotopic (exact) mass is 244 g/mol. The first-order valence-corrected chi connectivity index (χ1v) is 6.01. The van der Waals surface area contributed by atoms with Crippen LogP contribution >= 0.6 is 11.3 Å². The van der Waals surface area contributed by atoms with Crippen molar-refractivity contribution in [1.82, 2.24) is 4.98 Å². The molecule has 0 spiro atoms. The molecule has 0 aliphatic rings. The zero-order chi connectivity index (χ0) is 12.3. The summed E-state index contributed by atoms with van der Waals surface area (Å²) < 4.78 is 0. The quantitative estimate of drug-likeness (QED) is 0.813. The minimum Gasteiger partial charge on any atom is -0.397 e. The van der Waals surface area contributed by atoms with Gasteiger partial charge in [-0.05, 0) is 25.1 Å². The molecule has 0 aliphatic carbocycles. The van der Waals surface area contributed by atoms with Crippen molar-refractivity contribution in [2.75, 3.05) is 11.1 Å². The minimum atomic E-state index is 0.600. The standard InChI is InChI=1S/C12H12N4S/c1-8-12(17-7-16-8)6-15-11-4-9(5-13)2-3-10(11)14/h2-4,7,15H,6,14H2,1H3. The van der Waals surface area contributed by atoms with Gasteiger partial charge in [0.25, 0.3) is 0 Å². The Labute approximate surface area is 104 Å². The maximum absolute atomic E-state index is 8.82. The highest BCUT2D eigenvalue weighted by Crippen LogP contribution is 2.21. The number of nitrogen functional groups attached to an aromatic ring is 1. The number of rotatable bonds is 3. The molecular formula is C12H12N4S. The molecule has 5 heteroatoms. The molecule has 0 bridgehead atoms. The normalized spacial score (nSPS) is 9.88. The van der Waals surface area contributed by atoms with Crippen LogP contribution in [0.2, 0.25) is 0 Å². The second kappa shape index (κ2) is 4.85. The lowest BCUT2D eigenvalue weighted by Crippen LogP contribution is -2.02. The van der Waals surface area contributed by atoms with E-state index in [1.165, 1.54) is 4.88 Å². The Balaban J connectivity index is 2.14. The van der Waals surface area contributed by atoms with Gasteiger partial charge in [-0.3, -0.25) is 0 Å². The molecule has 2 aromatic rings. The average Bonchev–Trinajstić information content (AvgIpc) is 2.74. The molecular weight excluding hydrogens is 232 g/mol. The number of benzene rings is 1. The summed E-state index contributed by atoms with van der Waals surface area (Å²) in [5, 5.41) is 12.0. The van der Waals surface area contributed by atoms with Gasteiger partial charge in [0.05, 0.1) is 40.8 Å². The SMILES string of the molecule is Cc1ncsc1CNc1cc(C#N)ccc1N. The summed E-state index contributed by atoms with van der Waals surface area (Å²) in [6, 6.07) is 7.29. The van der Waals surface area contributed by atoms with Gasteiger partial charge in [-0.2, -0.15) is 5.26 Å². The fourth-order valence-corrected chi connectivity index (χ4v) is 2.17. The average molecular weight is 244 g/mol. The number of nitrogens with one attached hydrogen (secondary N) is 1. The molecule has 0 aliphatic heterocycles. The van der Waals surface area contributed by atoms with E-state index in [9.17, 15) is 0 Å². The Morgan fingerprint density at radius 2 is 2.35 bits per heavy atom. The third-order valence-corrected chi connectivity index (χ3v) is 3.40. The third-order valence-electron chi connectivity index (χ3n) is 2.47. The molecule has 2 rings (SSSR count). The van der Waals surface area contributed by atoms with E-state index in [4.69, 9.17) is 11.0 Å². The van der Waals surface area contributed by atoms with Crippen molar-refractivity contribution in [1.29, 1.82) is 5.26 Å². The number of nitrogens with two attached hydrogens (primary N) is 1. The maximum atomic E-state index is 8.82. The summed E-state index contributed by atoms with van der Waals surface area (Å²) in [5.74, 6) is 0. The largest absolute Gasteiger partial charge is 0.397 e. The lowest BCUT2D eigenvalue weighted by Gasteiger charge is -2.08. The third kappa shape index (κ3) is 2.55. The van der Waals surface area contributed by atoms with Gasteiger partial charge in [-0.15, -0.1) is 11.3 Å². The second-order valence-corrected chi connectivity index (χ2v) is 4.57. The number of thiazole rings is 1. The van der Waals surface area contributed by atoms with E-state index >= 15 is 0 Å². The van der Waals surface area contributed by atoms with E-state index in [0.29, 0.717) is 17.8 Å². The molecule has 1 aromatic heterocycles. The summed E-state index contributed by atoms with van der Waals surface area (Å²) in [4.78, 5) is 5.35. The Morgan fingerprint density at radius 3 is 3.00 bits per heavy atom. The highest BCUT2D eigenvalue weighted by molar-refractivity contribution is 7.09. The van der Waals surface area contributed by atoms with E-state index in [1.54, 1.807) is 29.5 Å². The molecule has 1 aromatic carbocycles. The highest BCUT2D eigenvalue weighted by atomic mass is 32.1. The number of hydrogen-bond donors (Lipinski definition) is 2. The fraction of sp³-hybridized carbons (Fsp3) is 0.167. The van der Waals surface area contributed by atoms with E-state index in [0.717, 1.165) is 11.4 Å². The molecule has 17 heavy (non-hydrogen) atoms. The molecule has 0 atom stereocenters. The number of aryl methyl sites for hydroxylation is 1. The summed E-state index contributed by atoms with van der Waals surface area (Å²) in [6.45, 7) is 2.65. The molecule has 0 amide bonds. The lowest BCUT2D eigenvalue weighted by atomic mass is 10.2. The van der Waals surface area contributed by atoms with Crippen LogP contribution < -0.4 is 11.1 Å². The summed E-state index contributed by atoms with van der Waals surface area (Å²) in [5.41, 5.74) is 10.7. The summed E-state index contributed by atoms with van der Waals surface area (Å²) >= 11 is 1.61. The molecule has 0 radical (unpaired) electrons. The Morgan fingerprint density at radius 1 is 1.53 bits per heavy atom. The van der Waals surface area contributed by atoms with Crippen molar-refractivity contribution < 1.29 is 0 Å². The van der Waals surface area contributed by atoms with Gasteiger partial charge in [0, 0.05) is 4.88 Å². The van der Waals surface area contributed by atoms with E-state index < -0.39 is 0 Å². The van der Waals surface area contributed by atoms with Gasteiger partial charge in [0.2, 0.25) is 0 Å². The number of anilines is 2. The maximum Gasteiger partial charge on any atom is 0.0992 e. The topological polar surface area (TPSA) is 74.7 Å². The van der Waals surface area contributed by atoms with E-state index in [2.05, 4.69) is 16.4 Å². The van der Waals surface area contributed by atoms with Crippen molar-refractivity contribution in [3.63, 3.8) is 0 Å². The number of nitrogens with zero attached hydrogens (tertiary/aromatic N) is 2. The molecule has 86 valence electrons. The first-order chi connectivity index (χ1) is 8.20.